The van der Waals surface area contributed by atoms with E-state index in [1.54, 1.807) is 20.8 Å². The molecule has 1 rings (SSSR count). The number of hydrazine groups is 1. The molecule has 0 aromatic heterocycles. The van der Waals surface area contributed by atoms with Crippen molar-refractivity contribution >= 4 is 37.4 Å². The minimum Gasteiger partial charge on any atom is -0.443 e. The monoisotopic (exact) mass is 379 g/mol. The average Bonchev–Trinajstić information content (AvgIpc) is 2.41. The topological polar surface area (TPSA) is 145 Å². The molecule has 0 radical (unpaired) electrons. The second-order valence-corrected chi connectivity index (χ2v) is 7.99. The Balaban J connectivity index is 2.95. The number of carbonyl (C=O) groups excluding carboxylic acids is 2. The summed E-state index contributed by atoms with van der Waals surface area (Å²) in [6.07, 6.45) is -0.940. The van der Waals surface area contributed by atoms with Crippen molar-refractivity contribution in [2.75, 3.05) is 0 Å². The molecule has 2 N–H and O–H groups in total. The lowest BCUT2D eigenvalue weighted by Gasteiger charge is -2.19. The predicted octanol–water partition coefficient (Wildman–Crippen LogP) is 1.69. The van der Waals surface area contributed by atoms with Crippen molar-refractivity contribution in [3.8, 4) is 0 Å². The molecule has 12 heteroatoms. The minimum atomic E-state index is -4.36. The van der Waals surface area contributed by atoms with Crippen LogP contribution in [-0.2, 0) is 13.8 Å². The second-order valence-electron chi connectivity index (χ2n) is 5.46. The van der Waals surface area contributed by atoms with Crippen molar-refractivity contribution < 1.29 is 27.7 Å². The van der Waals surface area contributed by atoms with Crippen LogP contribution in [0.1, 0.15) is 31.1 Å². The van der Waals surface area contributed by atoms with Crippen LogP contribution in [-0.4, -0.2) is 30.9 Å². The Labute approximate surface area is 141 Å². The molecule has 0 heterocycles. The van der Waals surface area contributed by atoms with Gasteiger partial charge in [-0.2, -0.15) is 0 Å². The molecule has 0 aliphatic rings. The van der Waals surface area contributed by atoms with Gasteiger partial charge in [-0.3, -0.25) is 20.3 Å². The minimum absolute atomic E-state index is 0.262. The van der Waals surface area contributed by atoms with E-state index in [0.717, 1.165) is 18.2 Å². The Morgan fingerprint density at radius 1 is 1.25 bits per heavy atom. The molecular formula is C12H14ClN3O7S. The fraction of sp³-hybridized carbons (Fsp3) is 0.333. The van der Waals surface area contributed by atoms with E-state index < -0.39 is 42.2 Å². The number of nitrogens with zero attached hydrogens (tertiary/aromatic N) is 1. The van der Waals surface area contributed by atoms with Crippen molar-refractivity contribution in [2.24, 2.45) is 0 Å². The highest BCUT2D eigenvalue weighted by molar-refractivity contribution is 8.13. The molecule has 24 heavy (non-hydrogen) atoms. The van der Waals surface area contributed by atoms with E-state index in [1.807, 2.05) is 10.9 Å². The van der Waals surface area contributed by atoms with Gasteiger partial charge in [0.2, 0.25) is 0 Å². The predicted molar refractivity (Wildman–Crippen MR) is 83.0 cm³/mol. The summed E-state index contributed by atoms with van der Waals surface area (Å²) in [5.41, 5.74) is 2.02. The Morgan fingerprint density at radius 2 is 1.83 bits per heavy atom. The fourth-order valence-corrected chi connectivity index (χ4v) is 2.50. The number of halogens is 1. The highest BCUT2D eigenvalue weighted by Crippen LogP contribution is 2.27. The van der Waals surface area contributed by atoms with Crippen LogP contribution in [0.3, 0.4) is 0 Å². The Hall–Kier alpha value is -2.40. The highest BCUT2D eigenvalue weighted by atomic mass is 35.7. The molecule has 10 nitrogen and oxygen atoms in total. The third kappa shape index (κ3) is 5.66. The first-order valence-electron chi connectivity index (χ1n) is 6.34. The number of amides is 2. The van der Waals surface area contributed by atoms with E-state index in [0.29, 0.717) is 0 Å². The summed E-state index contributed by atoms with van der Waals surface area (Å²) in [5, 5.41) is 10.9. The maximum Gasteiger partial charge on any atom is 0.426 e. The summed E-state index contributed by atoms with van der Waals surface area (Å²) in [6.45, 7) is 4.84. The van der Waals surface area contributed by atoms with Gasteiger partial charge in [0, 0.05) is 22.3 Å². The summed E-state index contributed by atoms with van der Waals surface area (Å²) in [7, 11) is 0.740. The summed E-state index contributed by atoms with van der Waals surface area (Å²) in [5.74, 6) is -0.914. The zero-order valence-electron chi connectivity index (χ0n) is 12.8. The second kappa shape index (κ2) is 7.01. The molecule has 0 bridgehead atoms. The zero-order chi connectivity index (χ0) is 18.7. The molecule has 0 fully saturated rings. The molecule has 0 saturated heterocycles. The Morgan fingerprint density at radius 3 is 2.29 bits per heavy atom. The number of benzene rings is 1. The van der Waals surface area contributed by atoms with Crippen LogP contribution in [0.4, 0.5) is 10.5 Å². The standard InChI is InChI=1S/C12H14ClN3O7S/c1-12(2,3)23-11(18)15-14-10(17)7-4-5-9(24(13,21)22)8(6-7)16(19)20/h4-6H,1-3H3,(H,14,17)(H,15,18). The van der Waals surface area contributed by atoms with Gasteiger partial charge in [0.05, 0.1) is 4.92 Å². The SMILES string of the molecule is CC(C)(C)OC(=O)NNC(=O)c1ccc(S(=O)(=O)Cl)c([N+](=O)[O-])c1. The third-order valence-electron chi connectivity index (χ3n) is 2.36. The summed E-state index contributed by atoms with van der Waals surface area (Å²) >= 11 is 0. The summed E-state index contributed by atoms with van der Waals surface area (Å²) in [6, 6.07) is 2.55. The highest BCUT2D eigenvalue weighted by Gasteiger charge is 2.26. The van der Waals surface area contributed by atoms with Crippen molar-refractivity contribution in [3.05, 3.63) is 33.9 Å². The van der Waals surface area contributed by atoms with Crippen LogP contribution < -0.4 is 10.9 Å². The van der Waals surface area contributed by atoms with Gasteiger partial charge in [0.15, 0.2) is 4.90 Å². The van der Waals surface area contributed by atoms with Crippen LogP contribution in [0.5, 0.6) is 0 Å². The van der Waals surface area contributed by atoms with E-state index in [9.17, 15) is 28.1 Å². The van der Waals surface area contributed by atoms with Gasteiger partial charge in [0.1, 0.15) is 5.60 Å². The van der Waals surface area contributed by atoms with Crippen LogP contribution in [0.25, 0.3) is 0 Å². The van der Waals surface area contributed by atoms with Gasteiger partial charge < -0.3 is 4.74 Å². The quantitative estimate of drug-likeness (QED) is 0.461. The number of ether oxygens (including phenoxy) is 1. The van der Waals surface area contributed by atoms with E-state index >= 15 is 0 Å². The van der Waals surface area contributed by atoms with E-state index in [4.69, 9.17) is 15.4 Å². The third-order valence-corrected chi connectivity index (χ3v) is 3.73. The summed E-state index contributed by atoms with van der Waals surface area (Å²) < 4.78 is 27.4. The number of hydrogen-bond donors (Lipinski definition) is 2. The van der Waals surface area contributed by atoms with Gasteiger partial charge in [-0.05, 0) is 32.9 Å². The smallest absolute Gasteiger partial charge is 0.426 e. The largest absolute Gasteiger partial charge is 0.443 e. The molecule has 0 saturated carbocycles. The lowest BCUT2D eigenvalue weighted by Crippen LogP contribution is -2.44. The van der Waals surface area contributed by atoms with E-state index in [2.05, 4.69) is 0 Å². The van der Waals surface area contributed by atoms with Crippen molar-refractivity contribution in [3.63, 3.8) is 0 Å². The Kier molecular flexibility index (Phi) is 5.74. The first kappa shape index (κ1) is 19.6. The van der Waals surface area contributed by atoms with Gasteiger partial charge in [-0.25, -0.2) is 18.6 Å². The van der Waals surface area contributed by atoms with Crippen LogP contribution >= 0.6 is 10.7 Å². The molecular weight excluding hydrogens is 366 g/mol. The number of nitrogens with one attached hydrogen (secondary N) is 2. The van der Waals surface area contributed by atoms with E-state index in [1.165, 1.54) is 0 Å². The van der Waals surface area contributed by atoms with Gasteiger partial charge >= 0.3 is 6.09 Å². The number of carbonyl (C=O) groups is 2. The van der Waals surface area contributed by atoms with Crippen molar-refractivity contribution in [2.45, 2.75) is 31.3 Å². The number of nitro groups is 1. The fourth-order valence-electron chi connectivity index (χ4n) is 1.49. The van der Waals surface area contributed by atoms with Gasteiger partial charge in [-0.1, -0.05) is 0 Å². The zero-order valence-corrected chi connectivity index (χ0v) is 14.4. The molecule has 2 amide bonds. The first-order chi connectivity index (χ1) is 10.8. The molecule has 0 spiro atoms. The number of rotatable bonds is 3. The molecule has 0 atom stereocenters. The van der Waals surface area contributed by atoms with Gasteiger partial charge in [0.25, 0.3) is 20.6 Å². The number of hydrogen-bond acceptors (Lipinski definition) is 7. The van der Waals surface area contributed by atoms with Crippen LogP contribution in [0.15, 0.2) is 23.1 Å². The average molecular weight is 380 g/mol. The number of nitro benzene ring substituents is 1. The van der Waals surface area contributed by atoms with E-state index in [-0.39, 0.29) is 5.56 Å². The molecule has 0 aliphatic heterocycles. The van der Waals surface area contributed by atoms with Gasteiger partial charge in [-0.15, -0.1) is 0 Å². The molecule has 0 unspecified atom stereocenters. The maximum absolute atomic E-state index is 11.9. The van der Waals surface area contributed by atoms with Crippen molar-refractivity contribution in [1.29, 1.82) is 0 Å². The normalized spacial score (nSPS) is 11.5. The van der Waals surface area contributed by atoms with Crippen LogP contribution in [0.2, 0.25) is 0 Å². The molecule has 1 aromatic rings. The van der Waals surface area contributed by atoms with Crippen LogP contribution in [0, 0.1) is 10.1 Å². The Bertz CT molecular complexity index is 786. The first-order valence-corrected chi connectivity index (χ1v) is 8.64. The van der Waals surface area contributed by atoms with Crippen molar-refractivity contribution in [1.82, 2.24) is 10.9 Å². The summed E-state index contributed by atoms with van der Waals surface area (Å²) in [4.78, 5) is 32.5. The lowest BCUT2D eigenvalue weighted by molar-refractivity contribution is -0.387. The molecule has 1 aromatic carbocycles. The molecule has 0 aliphatic carbocycles. The lowest BCUT2D eigenvalue weighted by atomic mass is 10.2. The maximum atomic E-state index is 11.9. The molecule has 132 valence electrons.